The first-order valence-corrected chi connectivity index (χ1v) is 7.16. The van der Waals surface area contributed by atoms with E-state index in [0.29, 0.717) is 5.92 Å². The Morgan fingerprint density at radius 1 is 1.61 bits per heavy atom. The zero-order chi connectivity index (χ0) is 12.5. The molecule has 6 heteroatoms. The van der Waals surface area contributed by atoms with Gasteiger partial charge in [-0.1, -0.05) is 0 Å². The summed E-state index contributed by atoms with van der Waals surface area (Å²) in [6.45, 7) is 3.00. The van der Waals surface area contributed by atoms with E-state index in [0.717, 1.165) is 36.8 Å². The Labute approximate surface area is 110 Å². The number of thiazole rings is 1. The van der Waals surface area contributed by atoms with Gasteiger partial charge in [-0.2, -0.15) is 0 Å². The molecule has 1 saturated heterocycles. The molecule has 1 atom stereocenters. The summed E-state index contributed by atoms with van der Waals surface area (Å²) in [6.07, 6.45) is 3.13. The van der Waals surface area contributed by atoms with Gasteiger partial charge in [-0.15, -0.1) is 11.3 Å². The summed E-state index contributed by atoms with van der Waals surface area (Å²) >= 11 is 1.66. The molecule has 2 aromatic heterocycles. The summed E-state index contributed by atoms with van der Waals surface area (Å²) in [5.41, 5.74) is 1.22. The number of aliphatic hydroxyl groups is 1. The van der Waals surface area contributed by atoms with Crippen molar-refractivity contribution in [2.24, 2.45) is 5.92 Å². The number of hydrogen-bond donors (Lipinski definition) is 2. The molecular weight excluding hydrogens is 248 g/mol. The molecule has 0 amide bonds. The van der Waals surface area contributed by atoms with Gasteiger partial charge in [-0.3, -0.25) is 4.40 Å². The molecule has 0 radical (unpaired) electrons. The highest BCUT2D eigenvalue weighted by molar-refractivity contribution is 7.15. The lowest BCUT2D eigenvalue weighted by Crippen LogP contribution is -2.23. The van der Waals surface area contributed by atoms with Crippen LogP contribution in [0.1, 0.15) is 12.1 Å². The van der Waals surface area contributed by atoms with Crippen molar-refractivity contribution in [3.8, 4) is 0 Å². The topological polar surface area (TPSA) is 52.8 Å². The third-order valence-electron chi connectivity index (χ3n) is 3.53. The SMILES string of the molecule is CNCc1c(N2CCC(CO)C2)nc2sccn12. The molecule has 1 unspecified atom stereocenters. The van der Waals surface area contributed by atoms with E-state index in [1.165, 1.54) is 5.69 Å². The summed E-state index contributed by atoms with van der Waals surface area (Å²) in [4.78, 5) is 8.07. The predicted molar refractivity (Wildman–Crippen MR) is 73.2 cm³/mol. The number of imidazole rings is 1. The standard InChI is InChI=1S/C12H18N4OS/c1-13-6-10-11(14-12-16(10)4-5-18-12)15-3-2-9(7-15)8-17/h4-5,9,13,17H,2-3,6-8H2,1H3. The van der Waals surface area contributed by atoms with Crippen LogP contribution in [-0.4, -0.2) is 41.2 Å². The van der Waals surface area contributed by atoms with Gasteiger partial charge >= 0.3 is 0 Å². The molecule has 1 aliphatic heterocycles. The Balaban J connectivity index is 1.95. The van der Waals surface area contributed by atoms with Crippen molar-refractivity contribution in [2.75, 3.05) is 31.6 Å². The number of fused-ring (bicyclic) bond motifs is 1. The average molecular weight is 266 g/mol. The van der Waals surface area contributed by atoms with Crippen molar-refractivity contribution in [1.82, 2.24) is 14.7 Å². The molecule has 0 spiro atoms. The Morgan fingerprint density at radius 3 is 3.22 bits per heavy atom. The van der Waals surface area contributed by atoms with Gasteiger partial charge in [0.05, 0.1) is 5.69 Å². The lowest BCUT2D eigenvalue weighted by Gasteiger charge is -2.17. The van der Waals surface area contributed by atoms with Gasteiger partial charge in [0.1, 0.15) is 0 Å². The minimum absolute atomic E-state index is 0.278. The molecule has 5 nitrogen and oxygen atoms in total. The zero-order valence-electron chi connectivity index (χ0n) is 10.5. The van der Waals surface area contributed by atoms with E-state index in [4.69, 9.17) is 4.98 Å². The highest BCUT2D eigenvalue weighted by Crippen LogP contribution is 2.28. The number of anilines is 1. The second kappa shape index (κ2) is 4.87. The molecular formula is C12H18N4OS. The molecule has 0 aliphatic carbocycles. The van der Waals surface area contributed by atoms with Crippen LogP contribution in [0.3, 0.4) is 0 Å². The number of aromatic nitrogens is 2. The largest absolute Gasteiger partial charge is 0.396 e. The van der Waals surface area contributed by atoms with Crippen LogP contribution in [0.2, 0.25) is 0 Å². The molecule has 0 aromatic carbocycles. The molecule has 2 aromatic rings. The fourth-order valence-electron chi connectivity index (χ4n) is 2.58. The first kappa shape index (κ1) is 12.0. The Morgan fingerprint density at radius 2 is 2.50 bits per heavy atom. The van der Waals surface area contributed by atoms with Gasteiger partial charge in [-0.05, 0) is 13.5 Å². The number of rotatable bonds is 4. The lowest BCUT2D eigenvalue weighted by atomic mass is 10.1. The van der Waals surface area contributed by atoms with Crippen molar-refractivity contribution in [3.63, 3.8) is 0 Å². The average Bonchev–Trinajstić information content (AvgIpc) is 3.04. The smallest absolute Gasteiger partial charge is 0.195 e. The summed E-state index contributed by atoms with van der Waals surface area (Å²) in [5.74, 6) is 1.47. The molecule has 3 rings (SSSR count). The van der Waals surface area contributed by atoms with Crippen LogP contribution >= 0.6 is 11.3 Å². The van der Waals surface area contributed by atoms with Gasteiger partial charge < -0.3 is 15.3 Å². The molecule has 2 N–H and O–H groups in total. The maximum absolute atomic E-state index is 9.24. The first-order valence-electron chi connectivity index (χ1n) is 6.28. The fraction of sp³-hybridized carbons (Fsp3) is 0.583. The maximum atomic E-state index is 9.24. The van der Waals surface area contributed by atoms with Crippen LogP contribution in [0.15, 0.2) is 11.6 Å². The van der Waals surface area contributed by atoms with Crippen molar-refractivity contribution in [3.05, 3.63) is 17.3 Å². The molecule has 98 valence electrons. The van der Waals surface area contributed by atoms with E-state index in [2.05, 4.69) is 26.2 Å². The molecule has 18 heavy (non-hydrogen) atoms. The Kier molecular flexibility index (Phi) is 3.23. The van der Waals surface area contributed by atoms with E-state index in [1.54, 1.807) is 11.3 Å². The van der Waals surface area contributed by atoms with Crippen LogP contribution in [0.4, 0.5) is 5.82 Å². The Hall–Kier alpha value is -1.11. The van der Waals surface area contributed by atoms with Crippen LogP contribution < -0.4 is 10.2 Å². The third-order valence-corrected chi connectivity index (χ3v) is 4.28. The number of nitrogens with zero attached hydrogens (tertiary/aromatic N) is 3. The predicted octanol–water partition coefficient (Wildman–Crippen LogP) is 0.934. The lowest BCUT2D eigenvalue weighted by molar-refractivity contribution is 0.238. The minimum Gasteiger partial charge on any atom is -0.396 e. The second-order valence-corrected chi connectivity index (χ2v) is 5.62. The van der Waals surface area contributed by atoms with Crippen molar-refractivity contribution >= 4 is 22.1 Å². The third kappa shape index (κ3) is 1.90. The maximum Gasteiger partial charge on any atom is 0.195 e. The first-order chi connectivity index (χ1) is 8.83. The number of hydrogen-bond acceptors (Lipinski definition) is 5. The van der Waals surface area contributed by atoms with Crippen LogP contribution in [-0.2, 0) is 6.54 Å². The van der Waals surface area contributed by atoms with Crippen molar-refractivity contribution in [2.45, 2.75) is 13.0 Å². The monoisotopic (exact) mass is 266 g/mol. The van der Waals surface area contributed by atoms with E-state index in [-0.39, 0.29) is 6.61 Å². The minimum atomic E-state index is 0.278. The summed E-state index contributed by atoms with van der Waals surface area (Å²) in [5, 5.41) is 14.5. The highest BCUT2D eigenvalue weighted by atomic mass is 32.1. The highest BCUT2D eigenvalue weighted by Gasteiger charge is 2.26. The number of nitrogens with one attached hydrogen (secondary N) is 1. The van der Waals surface area contributed by atoms with Crippen molar-refractivity contribution in [1.29, 1.82) is 0 Å². The second-order valence-electron chi connectivity index (χ2n) is 4.75. The molecule has 1 aliphatic rings. The van der Waals surface area contributed by atoms with Gasteiger partial charge in [0.25, 0.3) is 0 Å². The molecule has 1 fully saturated rings. The van der Waals surface area contributed by atoms with E-state index >= 15 is 0 Å². The fourth-order valence-corrected chi connectivity index (χ4v) is 3.31. The summed E-state index contributed by atoms with van der Waals surface area (Å²) in [6, 6.07) is 0. The molecule has 3 heterocycles. The quantitative estimate of drug-likeness (QED) is 0.864. The van der Waals surface area contributed by atoms with Crippen LogP contribution in [0, 0.1) is 5.92 Å². The van der Waals surface area contributed by atoms with Crippen LogP contribution in [0.5, 0.6) is 0 Å². The van der Waals surface area contributed by atoms with Gasteiger partial charge in [0.15, 0.2) is 10.8 Å². The molecule has 0 bridgehead atoms. The van der Waals surface area contributed by atoms with Gasteiger partial charge in [-0.25, -0.2) is 4.98 Å². The van der Waals surface area contributed by atoms with E-state index in [1.807, 2.05) is 7.05 Å². The Bertz CT molecular complexity index is 535. The van der Waals surface area contributed by atoms with Gasteiger partial charge in [0, 0.05) is 43.7 Å². The summed E-state index contributed by atoms with van der Waals surface area (Å²) in [7, 11) is 1.95. The number of aliphatic hydroxyl groups excluding tert-OH is 1. The zero-order valence-corrected chi connectivity index (χ0v) is 11.3. The van der Waals surface area contributed by atoms with Crippen LogP contribution in [0.25, 0.3) is 4.96 Å². The molecule has 0 saturated carbocycles. The normalized spacial score (nSPS) is 20.1. The van der Waals surface area contributed by atoms with E-state index in [9.17, 15) is 5.11 Å². The van der Waals surface area contributed by atoms with Crippen molar-refractivity contribution < 1.29 is 5.11 Å². The van der Waals surface area contributed by atoms with E-state index < -0.39 is 0 Å². The summed E-state index contributed by atoms with van der Waals surface area (Å²) < 4.78 is 2.16. The van der Waals surface area contributed by atoms with Gasteiger partial charge in [0.2, 0.25) is 0 Å².